The van der Waals surface area contributed by atoms with Crippen molar-refractivity contribution in [1.29, 1.82) is 0 Å². The van der Waals surface area contributed by atoms with Crippen molar-refractivity contribution >= 4 is 21.9 Å². The Morgan fingerprint density at radius 1 is 1.00 bits per heavy atom. The summed E-state index contributed by atoms with van der Waals surface area (Å²) < 4.78 is 5.84. The van der Waals surface area contributed by atoms with Crippen LogP contribution in [0.2, 0.25) is 0 Å². The second-order valence-corrected chi connectivity index (χ2v) is 3.81. The molecule has 0 atom stereocenters. The Morgan fingerprint density at radius 2 is 1.82 bits per heavy atom. The Hall–Kier alpha value is -2.36. The van der Waals surface area contributed by atoms with Gasteiger partial charge in [0.2, 0.25) is 0 Å². The number of nitrogens with zero attached hydrogens (tertiary/aromatic N) is 2. The van der Waals surface area contributed by atoms with Gasteiger partial charge in [-0.2, -0.15) is 5.11 Å². The Labute approximate surface area is 97.7 Å². The summed E-state index contributed by atoms with van der Waals surface area (Å²) in [6.07, 6.45) is 0. The van der Waals surface area contributed by atoms with Crippen molar-refractivity contribution in [2.45, 2.75) is 6.54 Å². The van der Waals surface area contributed by atoms with Crippen molar-refractivity contribution in [3.05, 3.63) is 48.0 Å². The van der Waals surface area contributed by atoms with Crippen LogP contribution in [0.3, 0.4) is 0 Å². The molecule has 0 saturated carbocycles. The van der Waals surface area contributed by atoms with Gasteiger partial charge in [0.05, 0.1) is 6.54 Å². The molecule has 0 amide bonds. The molecule has 0 unspecified atom stereocenters. The highest BCUT2D eigenvalue weighted by Crippen LogP contribution is 2.30. The normalized spacial score (nSPS) is 11.8. The quantitative estimate of drug-likeness (QED) is 0.412. The lowest BCUT2D eigenvalue weighted by molar-refractivity contribution is 0.661. The van der Waals surface area contributed by atoms with Crippen LogP contribution in [0.25, 0.3) is 21.9 Å². The van der Waals surface area contributed by atoms with Gasteiger partial charge in [0.25, 0.3) is 0 Å². The third kappa shape index (κ3) is 1.54. The summed E-state index contributed by atoms with van der Waals surface area (Å²) in [5.74, 6) is 5.02. The summed E-state index contributed by atoms with van der Waals surface area (Å²) in [7, 11) is 0. The smallest absolute Gasteiger partial charge is 0.140 e. The van der Waals surface area contributed by atoms with Gasteiger partial charge < -0.3 is 10.3 Å². The summed E-state index contributed by atoms with van der Waals surface area (Å²) in [5, 5.41) is 9.30. The highest BCUT2D eigenvalue weighted by molar-refractivity contribution is 6.05. The third-order valence-electron chi connectivity index (χ3n) is 2.81. The molecule has 2 N–H and O–H groups in total. The largest absolute Gasteiger partial charge is 0.456 e. The molecular formula is C13H11N3O. The van der Waals surface area contributed by atoms with Gasteiger partial charge in [0.1, 0.15) is 11.2 Å². The zero-order chi connectivity index (χ0) is 11.7. The first kappa shape index (κ1) is 9.84. The molecule has 17 heavy (non-hydrogen) atoms. The minimum atomic E-state index is 0.438. The van der Waals surface area contributed by atoms with Crippen molar-refractivity contribution in [2.75, 3.05) is 0 Å². The highest BCUT2D eigenvalue weighted by Gasteiger charge is 2.09. The molecule has 84 valence electrons. The predicted octanol–water partition coefficient (Wildman–Crippen LogP) is 3.41. The fourth-order valence-electron chi connectivity index (χ4n) is 2.05. The predicted molar refractivity (Wildman–Crippen MR) is 66.5 cm³/mol. The molecule has 3 rings (SSSR count). The maximum Gasteiger partial charge on any atom is 0.140 e. The van der Waals surface area contributed by atoms with Gasteiger partial charge in [-0.25, -0.2) is 0 Å². The second kappa shape index (κ2) is 3.90. The number of furan rings is 1. The molecule has 1 aromatic heterocycles. The van der Waals surface area contributed by atoms with E-state index in [4.69, 9.17) is 10.3 Å². The van der Waals surface area contributed by atoms with E-state index >= 15 is 0 Å². The SMILES string of the molecule is NN=NCc1cccc2c1oc1ccccc12. The van der Waals surface area contributed by atoms with Gasteiger partial charge in [-0.3, -0.25) is 0 Å². The summed E-state index contributed by atoms with van der Waals surface area (Å²) in [6.45, 7) is 0.438. The number of para-hydroxylation sites is 2. The molecule has 0 aliphatic rings. The number of rotatable bonds is 2. The Morgan fingerprint density at radius 3 is 2.71 bits per heavy atom. The zero-order valence-corrected chi connectivity index (χ0v) is 9.13. The van der Waals surface area contributed by atoms with E-state index in [1.807, 2.05) is 36.4 Å². The minimum Gasteiger partial charge on any atom is -0.456 e. The first-order chi connectivity index (χ1) is 8.40. The summed E-state index contributed by atoms with van der Waals surface area (Å²) in [4.78, 5) is 0. The van der Waals surface area contributed by atoms with Gasteiger partial charge in [-0.15, -0.1) is 0 Å². The van der Waals surface area contributed by atoms with Crippen molar-refractivity contribution in [3.63, 3.8) is 0 Å². The molecule has 0 radical (unpaired) electrons. The third-order valence-corrected chi connectivity index (χ3v) is 2.81. The fraction of sp³-hybridized carbons (Fsp3) is 0.0769. The van der Waals surface area contributed by atoms with Crippen LogP contribution in [-0.2, 0) is 6.54 Å². The summed E-state index contributed by atoms with van der Waals surface area (Å²) in [5.41, 5.74) is 2.74. The molecule has 0 aliphatic carbocycles. The lowest BCUT2D eigenvalue weighted by Crippen LogP contribution is -1.83. The van der Waals surface area contributed by atoms with E-state index in [0.29, 0.717) is 6.54 Å². The number of fused-ring (bicyclic) bond motifs is 3. The summed E-state index contributed by atoms with van der Waals surface area (Å²) >= 11 is 0. The molecular weight excluding hydrogens is 214 g/mol. The monoisotopic (exact) mass is 225 g/mol. The van der Waals surface area contributed by atoms with Crippen LogP contribution < -0.4 is 5.84 Å². The van der Waals surface area contributed by atoms with Crippen molar-refractivity contribution in [1.82, 2.24) is 0 Å². The Balaban J connectivity index is 2.31. The number of benzene rings is 2. The molecule has 2 aromatic carbocycles. The number of hydrogen-bond acceptors (Lipinski definition) is 3. The van der Waals surface area contributed by atoms with Crippen LogP contribution in [0.1, 0.15) is 5.56 Å². The van der Waals surface area contributed by atoms with E-state index < -0.39 is 0 Å². The average molecular weight is 225 g/mol. The van der Waals surface area contributed by atoms with E-state index in [1.54, 1.807) is 0 Å². The lowest BCUT2D eigenvalue weighted by atomic mass is 10.1. The van der Waals surface area contributed by atoms with Crippen LogP contribution in [0.4, 0.5) is 0 Å². The highest BCUT2D eigenvalue weighted by atomic mass is 16.3. The standard InChI is InChI=1S/C13H11N3O/c14-16-15-8-9-4-3-6-11-10-5-1-2-7-12(10)17-13(9)11/h1-7H,8H2,(H2,14,15). The molecule has 0 aliphatic heterocycles. The van der Waals surface area contributed by atoms with Gasteiger partial charge in [-0.05, 0) is 6.07 Å². The van der Waals surface area contributed by atoms with Crippen molar-refractivity contribution < 1.29 is 4.42 Å². The topological polar surface area (TPSA) is 63.9 Å². The van der Waals surface area contributed by atoms with E-state index in [1.165, 1.54) is 0 Å². The van der Waals surface area contributed by atoms with Crippen LogP contribution in [0.15, 0.2) is 57.2 Å². The van der Waals surface area contributed by atoms with Gasteiger partial charge in [0, 0.05) is 16.3 Å². The van der Waals surface area contributed by atoms with Crippen molar-refractivity contribution in [2.24, 2.45) is 16.2 Å². The average Bonchev–Trinajstić information content (AvgIpc) is 2.75. The minimum absolute atomic E-state index is 0.438. The molecule has 1 heterocycles. The fourth-order valence-corrected chi connectivity index (χ4v) is 2.05. The number of nitrogens with two attached hydrogens (primary N) is 1. The lowest BCUT2D eigenvalue weighted by Gasteiger charge is -1.96. The number of hydrogen-bond donors (Lipinski definition) is 1. The molecule has 3 aromatic rings. The molecule has 0 saturated heterocycles. The molecule has 0 spiro atoms. The van der Waals surface area contributed by atoms with Crippen LogP contribution in [0.5, 0.6) is 0 Å². The van der Waals surface area contributed by atoms with Crippen molar-refractivity contribution in [3.8, 4) is 0 Å². The first-order valence-corrected chi connectivity index (χ1v) is 5.36. The molecule has 0 bridgehead atoms. The van der Waals surface area contributed by atoms with Gasteiger partial charge >= 0.3 is 0 Å². The molecule has 4 nitrogen and oxygen atoms in total. The molecule has 0 fully saturated rings. The zero-order valence-electron chi connectivity index (χ0n) is 9.13. The van der Waals surface area contributed by atoms with Crippen LogP contribution in [-0.4, -0.2) is 0 Å². The maximum atomic E-state index is 5.84. The Kier molecular flexibility index (Phi) is 2.26. The van der Waals surface area contributed by atoms with E-state index in [0.717, 1.165) is 27.5 Å². The van der Waals surface area contributed by atoms with Gasteiger partial charge in [0.15, 0.2) is 0 Å². The second-order valence-electron chi connectivity index (χ2n) is 3.81. The van der Waals surface area contributed by atoms with Crippen LogP contribution in [0, 0.1) is 0 Å². The molecule has 4 heteroatoms. The van der Waals surface area contributed by atoms with E-state index in [2.05, 4.69) is 16.4 Å². The maximum absolute atomic E-state index is 5.84. The van der Waals surface area contributed by atoms with Crippen LogP contribution >= 0.6 is 0 Å². The van der Waals surface area contributed by atoms with E-state index in [-0.39, 0.29) is 0 Å². The first-order valence-electron chi connectivity index (χ1n) is 5.36. The Bertz CT molecular complexity index is 700. The van der Waals surface area contributed by atoms with Gasteiger partial charge in [-0.1, -0.05) is 41.6 Å². The summed E-state index contributed by atoms with van der Waals surface area (Å²) in [6, 6.07) is 14.0. The van der Waals surface area contributed by atoms with E-state index in [9.17, 15) is 0 Å².